The van der Waals surface area contributed by atoms with Crippen molar-refractivity contribution in [3.63, 3.8) is 0 Å². The number of benzene rings is 4. The minimum atomic E-state index is -4.93. The molecule has 0 aliphatic carbocycles. The van der Waals surface area contributed by atoms with Crippen molar-refractivity contribution in [3.8, 4) is 34.8 Å². The third-order valence-corrected chi connectivity index (χ3v) is 5.09. The normalized spacial score (nSPS) is 11.0. The fraction of sp³-hybridized carbons (Fsp3) is 0.0714. The predicted molar refractivity (Wildman–Crippen MR) is 119 cm³/mol. The molecule has 0 N–H and O–H groups in total. The third-order valence-electron chi connectivity index (χ3n) is 5.09. The maximum absolute atomic E-state index is 14.8. The number of alkyl halides is 3. The van der Waals surface area contributed by atoms with Crippen LogP contribution in [0.1, 0.15) is 22.3 Å². The minimum absolute atomic E-state index is 0.0153. The second kappa shape index (κ2) is 9.19. The molecular formula is C28H13F7. The zero-order chi connectivity index (χ0) is 25.3. The lowest BCUT2D eigenvalue weighted by atomic mass is 9.97. The minimum Gasteiger partial charge on any atom is -0.206 e. The van der Waals surface area contributed by atoms with Gasteiger partial charge in [0, 0.05) is 22.4 Å². The standard InChI is InChI=1S/C28H13F7/c1-16-2-4-17(5-3-16)6-7-18-12-24(30)26(25(31)13-18)19-8-9-21-20(14-19)15-23(29)22(27(21)32)10-11-28(33,34)35/h2-5,8-9,12-15H,1H3. The van der Waals surface area contributed by atoms with E-state index >= 15 is 0 Å². The summed E-state index contributed by atoms with van der Waals surface area (Å²) in [6.45, 7) is 1.91. The lowest BCUT2D eigenvalue weighted by Crippen LogP contribution is -2.02. The molecule has 7 heteroatoms. The third kappa shape index (κ3) is 5.31. The molecule has 0 aliphatic rings. The highest BCUT2D eigenvalue weighted by Crippen LogP contribution is 2.32. The molecule has 0 saturated heterocycles. The molecule has 0 spiro atoms. The molecule has 0 bridgehead atoms. The summed E-state index contributed by atoms with van der Waals surface area (Å²) in [4.78, 5) is 0. The molecule has 0 aromatic heterocycles. The fourth-order valence-electron chi connectivity index (χ4n) is 3.44. The summed E-state index contributed by atoms with van der Waals surface area (Å²) in [5, 5.41) is -0.347. The van der Waals surface area contributed by atoms with Crippen LogP contribution in [0, 0.1) is 53.9 Å². The Labute approximate surface area is 196 Å². The number of rotatable bonds is 1. The lowest BCUT2D eigenvalue weighted by molar-refractivity contribution is -0.0696. The monoisotopic (exact) mass is 482 g/mol. The van der Waals surface area contributed by atoms with Gasteiger partial charge in [0.15, 0.2) is 0 Å². The summed E-state index contributed by atoms with van der Waals surface area (Å²) < 4.78 is 95.5. The van der Waals surface area contributed by atoms with Gasteiger partial charge >= 0.3 is 6.18 Å². The Morgan fingerprint density at radius 3 is 1.91 bits per heavy atom. The van der Waals surface area contributed by atoms with E-state index in [4.69, 9.17) is 0 Å². The van der Waals surface area contributed by atoms with Crippen molar-refractivity contribution >= 4 is 10.8 Å². The number of hydrogen-bond donors (Lipinski definition) is 0. The number of hydrogen-bond acceptors (Lipinski definition) is 0. The van der Waals surface area contributed by atoms with Gasteiger partial charge in [0.1, 0.15) is 23.3 Å². The second-order valence-corrected chi connectivity index (χ2v) is 7.66. The lowest BCUT2D eigenvalue weighted by Gasteiger charge is -2.09. The van der Waals surface area contributed by atoms with Crippen LogP contribution in [0.4, 0.5) is 30.7 Å². The first-order chi connectivity index (χ1) is 16.5. The van der Waals surface area contributed by atoms with Crippen LogP contribution in [0.2, 0.25) is 0 Å². The topological polar surface area (TPSA) is 0 Å². The van der Waals surface area contributed by atoms with Crippen molar-refractivity contribution in [1.82, 2.24) is 0 Å². The smallest absolute Gasteiger partial charge is 0.206 e. The highest BCUT2D eigenvalue weighted by Gasteiger charge is 2.24. The second-order valence-electron chi connectivity index (χ2n) is 7.66. The van der Waals surface area contributed by atoms with E-state index in [0.717, 1.165) is 41.8 Å². The Hall–Kier alpha value is -4.23. The molecule has 0 amide bonds. The largest absolute Gasteiger partial charge is 0.458 e. The zero-order valence-corrected chi connectivity index (χ0v) is 17.9. The first-order valence-electron chi connectivity index (χ1n) is 10.1. The molecule has 0 heterocycles. The highest BCUT2D eigenvalue weighted by atomic mass is 19.4. The first-order valence-corrected chi connectivity index (χ1v) is 10.1. The zero-order valence-electron chi connectivity index (χ0n) is 17.9. The van der Waals surface area contributed by atoms with E-state index in [1.54, 1.807) is 12.1 Å². The van der Waals surface area contributed by atoms with E-state index in [9.17, 15) is 30.7 Å². The maximum atomic E-state index is 14.8. The Morgan fingerprint density at radius 1 is 0.657 bits per heavy atom. The molecule has 0 fully saturated rings. The highest BCUT2D eigenvalue weighted by molar-refractivity contribution is 5.89. The van der Waals surface area contributed by atoms with E-state index in [1.165, 1.54) is 12.0 Å². The van der Waals surface area contributed by atoms with Crippen molar-refractivity contribution in [3.05, 3.63) is 106 Å². The number of halogens is 7. The van der Waals surface area contributed by atoms with E-state index in [0.29, 0.717) is 5.56 Å². The van der Waals surface area contributed by atoms with Crippen molar-refractivity contribution in [1.29, 1.82) is 0 Å². The van der Waals surface area contributed by atoms with Gasteiger partial charge in [-0.2, -0.15) is 13.2 Å². The van der Waals surface area contributed by atoms with Crippen molar-refractivity contribution in [2.24, 2.45) is 0 Å². The Kier molecular flexibility index (Phi) is 6.28. The fourth-order valence-corrected chi connectivity index (χ4v) is 3.44. The molecule has 0 saturated carbocycles. The number of fused-ring (bicyclic) bond motifs is 1. The van der Waals surface area contributed by atoms with Crippen LogP contribution in [0.15, 0.2) is 60.7 Å². The van der Waals surface area contributed by atoms with Gasteiger partial charge in [0.25, 0.3) is 0 Å². The molecule has 0 radical (unpaired) electrons. The van der Waals surface area contributed by atoms with Crippen molar-refractivity contribution in [2.45, 2.75) is 13.1 Å². The van der Waals surface area contributed by atoms with Crippen molar-refractivity contribution < 1.29 is 30.7 Å². The summed E-state index contributed by atoms with van der Waals surface area (Å²) in [6, 6.07) is 13.5. The molecule has 4 aromatic rings. The van der Waals surface area contributed by atoms with Gasteiger partial charge in [0.2, 0.25) is 0 Å². The van der Waals surface area contributed by atoms with Crippen LogP contribution in [0.5, 0.6) is 0 Å². The van der Waals surface area contributed by atoms with E-state index in [1.807, 2.05) is 19.1 Å². The predicted octanol–water partition coefficient (Wildman–Crippen LogP) is 7.69. The molecular weight excluding hydrogens is 469 g/mol. The van der Waals surface area contributed by atoms with Gasteiger partial charge in [-0.25, -0.2) is 17.6 Å². The van der Waals surface area contributed by atoms with E-state index < -0.39 is 40.6 Å². The Morgan fingerprint density at radius 2 is 1.29 bits per heavy atom. The van der Waals surface area contributed by atoms with Crippen LogP contribution in [0.25, 0.3) is 21.9 Å². The summed E-state index contributed by atoms with van der Waals surface area (Å²) in [5.74, 6) is 3.28. The SMILES string of the molecule is Cc1ccc(C#Cc2cc(F)c(-c3ccc4c(F)c(C#CC(F)(F)F)c(F)cc4c3)c(F)c2)cc1. The summed E-state index contributed by atoms with van der Waals surface area (Å²) in [7, 11) is 0. The molecule has 0 atom stereocenters. The summed E-state index contributed by atoms with van der Waals surface area (Å²) in [6.07, 6.45) is -4.93. The average Bonchev–Trinajstić information content (AvgIpc) is 2.77. The maximum Gasteiger partial charge on any atom is 0.458 e. The van der Waals surface area contributed by atoms with Crippen LogP contribution in [-0.4, -0.2) is 6.18 Å². The Bertz CT molecular complexity index is 1550. The molecule has 4 rings (SSSR count). The van der Waals surface area contributed by atoms with E-state index in [2.05, 4.69) is 11.8 Å². The molecule has 0 aliphatic heterocycles. The molecule has 0 unspecified atom stereocenters. The van der Waals surface area contributed by atoms with Gasteiger partial charge < -0.3 is 0 Å². The molecule has 0 nitrogen and oxygen atoms in total. The van der Waals surface area contributed by atoms with Gasteiger partial charge in [-0.3, -0.25) is 0 Å². The summed E-state index contributed by atoms with van der Waals surface area (Å²) >= 11 is 0. The van der Waals surface area contributed by atoms with Crippen LogP contribution < -0.4 is 0 Å². The molecule has 4 aromatic carbocycles. The molecule has 35 heavy (non-hydrogen) atoms. The van der Waals surface area contributed by atoms with Crippen LogP contribution >= 0.6 is 0 Å². The average molecular weight is 482 g/mol. The van der Waals surface area contributed by atoms with Gasteiger partial charge in [-0.1, -0.05) is 47.6 Å². The summed E-state index contributed by atoms with van der Waals surface area (Å²) in [5.41, 5.74) is 0.301. The quantitative estimate of drug-likeness (QED) is 0.193. The van der Waals surface area contributed by atoms with Gasteiger partial charge in [-0.05, 0) is 54.3 Å². The first kappa shape index (κ1) is 23.9. The van der Waals surface area contributed by atoms with Crippen LogP contribution in [-0.2, 0) is 0 Å². The van der Waals surface area contributed by atoms with E-state index in [-0.39, 0.29) is 21.9 Å². The van der Waals surface area contributed by atoms with Gasteiger partial charge in [0.05, 0.1) is 11.1 Å². The Balaban J connectivity index is 1.74. The molecule has 174 valence electrons. The van der Waals surface area contributed by atoms with Gasteiger partial charge in [-0.15, -0.1) is 0 Å². The van der Waals surface area contributed by atoms with Crippen LogP contribution in [0.3, 0.4) is 0 Å². The van der Waals surface area contributed by atoms with Crippen molar-refractivity contribution in [2.75, 3.05) is 0 Å². The number of aryl methyl sites for hydroxylation is 1.